The van der Waals surface area contributed by atoms with Gasteiger partial charge in [-0.3, -0.25) is 5.41 Å². The maximum absolute atomic E-state index is 12.6. The molecule has 39 heavy (non-hydrogen) atoms. The molecule has 1 aliphatic carbocycles. The zero-order valence-electron chi connectivity index (χ0n) is 22.9. The van der Waals surface area contributed by atoms with Crippen molar-refractivity contribution < 1.29 is 13.2 Å². The summed E-state index contributed by atoms with van der Waals surface area (Å²) < 4.78 is 31.5. The maximum Gasteiger partial charge on any atom is 0.229 e. The molecule has 0 bridgehead atoms. The normalized spacial score (nSPS) is 16.7. The summed E-state index contributed by atoms with van der Waals surface area (Å²) in [6, 6.07) is 4.22. The number of benzene rings is 1. The van der Waals surface area contributed by atoms with E-state index in [1.54, 1.807) is 7.05 Å². The van der Waals surface area contributed by atoms with Gasteiger partial charge in [0.15, 0.2) is 20.7 Å². The summed E-state index contributed by atoms with van der Waals surface area (Å²) in [7, 11) is -2.22. The predicted octanol–water partition coefficient (Wildman–Crippen LogP) is 4.71. The van der Waals surface area contributed by atoms with Gasteiger partial charge in [-0.15, -0.1) is 0 Å². The summed E-state index contributed by atoms with van der Waals surface area (Å²) >= 11 is 6.37. The van der Waals surface area contributed by atoms with E-state index in [4.69, 9.17) is 21.7 Å². The average molecular weight is 576 g/mol. The van der Waals surface area contributed by atoms with Gasteiger partial charge in [-0.05, 0) is 94.6 Å². The maximum atomic E-state index is 12.6. The molecule has 1 aliphatic heterocycles. The van der Waals surface area contributed by atoms with E-state index in [9.17, 15) is 8.42 Å². The molecule has 212 valence electrons. The van der Waals surface area contributed by atoms with Crippen molar-refractivity contribution in [3.8, 4) is 5.75 Å². The molecule has 0 spiro atoms. The number of hydrogen-bond acceptors (Lipinski definition) is 10. The molecule has 1 aromatic carbocycles. The molecule has 0 radical (unpaired) electrons. The van der Waals surface area contributed by atoms with Crippen molar-refractivity contribution in [3.05, 3.63) is 46.4 Å². The molecule has 10 nitrogen and oxygen atoms in total. The fraction of sp³-hybridized carbons (Fsp3) is 0.519. The molecule has 2 aromatic rings. The third-order valence-corrected chi connectivity index (χ3v) is 9.31. The van der Waals surface area contributed by atoms with Crippen molar-refractivity contribution in [2.45, 2.75) is 57.6 Å². The third-order valence-electron chi connectivity index (χ3n) is 7.00. The first-order valence-corrected chi connectivity index (χ1v) is 15.3. The largest absolute Gasteiger partial charge is 0.491 e. The first-order chi connectivity index (χ1) is 18.6. The highest BCUT2D eigenvalue weighted by Gasteiger charge is 2.27. The van der Waals surface area contributed by atoms with Crippen molar-refractivity contribution in [1.82, 2.24) is 20.6 Å². The lowest BCUT2D eigenvalue weighted by Crippen LogP contribution is -2.28. The summed E-state index contributed by atoms with van der Waals surface area (Å²) in [6.45, 7) is 7.86. The summed E-state index contributed by atoms with van der Waals surface area (Å²) in [5.41, 5.74) is 3.25. The van der Waals surface area contributed by atoms with E-state index in [0.29, 0.717) is 18.4 Å². The van der Waals surface area contributed by atoms with E-state index < -0.39 is 20.1 Å². The van der Waals surface area contributed by atoms with Crippen LogP contribution >= 0.6 is 11.6 Å². The van der Waals surface area contributed by atoms with Crippen LogP contribution in [0.15, 0.2) is 30.2 Å². The van der Waals surface area contributed by atoms with Crippen molar-refractivity contribution in [3.63, 3.8) is 0 Å². The molecular weight excluding hydrogens is 538 g/mol. The lowest BCUT2D eigenvalue weighted by atomic mass is 9.87. The summed E-state index contributed by atoms with van der Waals surface area (Å²) in [5.74, 6) is 2.27. The Morgan fingerprint density at radius 2 is 1.97 bits per heavy atom. The number of nitrogens with zero attached hydrogens (tertiary/aromatic N) is 2. The average Bonchev–Trinajstić information content (AvgIpc) is 3.74. The van der Waals surface area contributed by atoms with Crippen LogP contribution in [0.2, 0.25) is 5.02 Å². The monoisotopic (exact) mass is 575 g/mol. The molecule has 0 unspecified atom stereocenters. The molecule has 1 saturated heterocycles. The van der Waals surface area contributed by atoms with Crippen LogP contribution in [0.3, 0.4) is 0 Å². The van der Waals surface area contributed by atoms with Crippen molar-refractivity contribution in [1.29, 1.82) is 5.41 Å². The molecular formula is C27H38ClN7O3S. The Labute approximate surface area is 235 Å². The van der Waals surface area contributed by atoms with E-state index in [2.05, 4.69) is 50.3 Å². The smallest absolute Gasteiger partial charge is 0.229 e. The highest BCUT2D eigenvalue weighted by molar-refractivity contribution is 8.07. The molecule has 5 N–H and O–H groups in total. The summed E-state index contributed by atoms with van der Waals surface area (Å²) in [6.07, 6.45) is 7.38. The van der Waals surface area contributed by atoms with Crippen LogP contribution < -0.4 is 26.0 Å². The second kappa shape index (κ2) is 12.5. The number of aryl methyl sites for hydroxylation is 1. The summed E-state index contributed by atoms with van der Waals surface area (Å²) in [4.78, 5) is 8.84. The number of sulfone groups is 1. The fourth-order valence-corrected chi connectivity index (χ4v) is 5.47. The van der Waals surface area contributed by atoms with Crippen molar-refractivity contribution in [2.75, 3.05) is 37.4 Å². The minimum absolute atomic E-state index is 0.0216. The Kier molecular flexibility index (Phi) is 9.35. The molecule has 0 atom stereocenters. The molecule has 12 heteroatoms. The second-order valence-electron chi connectivity index (χ2n) is 10.4. The highest BCUT2D eigenvalue weighted by atomic mass is 35.5. The molecule has 2 aliphatic rings. The number of nitrogens with one attached hydrogen (secondary N) is 5. The summed E-state index contributed by atoms with van der Waals surface area (Å²) in [5, 5.41) is 19.5. The van der Waals surface area contributed by atoms with Gasteiger partial charge in [0.2, 0.25) is 5.95 Å². The zero-order valence-corrected chi connectivity index (χ0v) is 24.5. The van der Waals surface area contributed by atoms with Crippen LogP contribution in [0, 0.1) is 18.3 Å². The number of aromatic nitrogens is 2. The van der Waals surface area contributed by atoms with E-state index in [1.165, 1.54) is 50.2 Å². The van der Waals surface area contributed by atoms with Crippen LogP contribution in [0.4, 0.5) is 17.5 Å². The molecule has 2 heterocycles. The lowest BCUT2D eigenvalue weighted by molar-refractivity contribution is 0.300. The van der Waals surface area contributed by atoms with Gasteiger partial charge < -0.3 is 26.0 Å². The van der Waals surface area contributed by atoms with Crippen LogP contribution in [-0.2, 0) is 9.84 Å². The van der Waals surface area contributed by atoms with Gasteiger partial charge in [0, 0.05) is 13.2 Å². The Morgan fingerprint density at radius 3 is 2.62 bits per heavy atom. The zero-order chi connectivity index (χ0) is 28.2. The van der Waals surface area contributed by atoms with Gasteiger partial charge in [-0.25, -0.2) is 13.4 Å². The molecule has 2 fully saturated rings. The van der Waals surface area contributed by atoms with Gasteiger partial charge in [0.05, 0.1) is 29.4 Å². The van der Waals surface area contributed by atoms with E-state index >= 15 is 0 Å². The number of hydrogen-bond donors (Lipinski definition) is 5. The minimum Gasteiger partial charge on any atom is -0.491 e. The Balaban J connectivity index is 1.62. The SMILES string of the molecule is CN/C=C(/Nc1nc(Nc2cc(C)c(C3CCNCC3)cc2OCC2CC2)ncc1Cl)C(=N)S(=O)(=O)C(C)C. The lowest BCUT2D eigenvalue weighted by Gasteiger charge is -2.26. The van der Waals surface area contributed by atoms with Gasteiger partial charge in [0.25, 0.3) is 0 Å². The van der Waals surface area contributed by atoms with E-state index in [-0.39, 0.29) is 22.5 Å². The fourth-order valence-electron chi connectivity index (χ4n) is 4.44. The molecule has 4 rings (SSSR count). The van der Waals surface area contributed by atoms with Crippen molar-refractivity contribution in [2.24, 2.45) is 5.92 Å². The predicted molar refractivity (Wildman–Crippen MR) is 157 cm³/mol. The number of halogens is 1. The highest BCUT2D eigenvalue weighted by Crippen LogP contribution is 2.38. The second-order valence-corrected chi connectivity index (χ2v) is 13.2. The number of piperidine rings is 1. The quantitative estimate of drug-likeness (QED) is 0.190. The number of ether oxygens (including phenoxy) is 1. The van der Waals surface area contributed by atoms with E-state index in [1.807, 2.05) is 0 Å². The molecule has 1 saturated carbocycles. The molecule has 1 aromatic heterocycles. The Hall–Kier alpha value is -2.89. The first kappa shape index (κ1) is 29.1. The van der Waals surface area contributed by atoms with Gasteiger partial charge in [-0.1, -0.05) is 11.6 Å². The van der Waals surface area contributed by atoms with Crippen LogP contribution in [0.25, 0.3) is 0 Å². The minimum atomic E-state index is -3.83. The third kappa shape index (κ3) is 7.20. The van der Waals surface area contributed by atoms with Gasteiger partial charge >= 0.3 is 0 Å². The van der Waals surface area contributed by atoms with E-state index in [0.717, 1.165) is 37.4 Å². The Morgan fingerprint density at radius 1 is 1.26 bits per heavy atom. The number of anilines is 3. The van der Waals surface area contributed by atoms with Crippen molar-refractivity contribution >= 4 is 43.9 Å². The van der Waals surface area contributed by atoms with Crippen LogP contribution in [0.5, 0.6) is 5.75 Å². The standard InChI is InChI=1S/C27H38ClN7O3S/c1-16(2)39(36,37)25(29)23(14-30-4)33-26-21(28)13-32-27(35-26)34-22-11-17(3)20(19-7-9-31-10-8-19)12-24(22)38-15-18-5-6-18/h11-14,16,18-19,29-31H,5-10,15H2,1-4H3,(H2,32,33,34,35)/b23-14+,29-25?. The van der Waals surface area contributed by atoms with Crippen LogP contribution in [-0.4, -0.2) is 55.4 Å². The van der Waals surface area contributed by atoms with Gasteiger partial charge in [0.1, 0.15) is 10.8 Å². The molecule has 0 amide bonds. The number of rotatable bonds is 11. The topological polar surface area (TPSA) is 141 Å². The first-order valence-electron chi connectivity index (χ1n) is 13.3. The Bertz CT molecular complexity index is 1340. The van der Waals surface area contributed by atoms with Crippen LogP contribution in [0.1, 0.15) is 56.6 Å². The van der Waals surface area contributed by atoms with Gasteiger partial charge in [-0.2, -0.15) is 4.98 Å².